The van der Waals surface area contributed by atoms with E-state index in [0.29, 0.717) is 17.2 Å². The molecule has 1 saturated heterocycles. The van der Waals surface area contributed by atoms with Gasteiger partial charge < -0.3 is 14.8 Å². The van der Waals surface area contributed by atoms with Crippen molar-refractivity contribution in [3.63, 3.8) is 0 Å². The van der Waals surface area contributed by atoms with Crippen molar-refractivity contribution in [1.82, 2.24) is 14.5 Å². The van der Waals surface area contributed by atoms with E-state index < -0.39 is 0 Å². The third-order valence-corrected chi connectivity index (χ3v) is 5.64. The van der Waals surface area contributed by atoms with Crippen molar-refractivity contribution < 1.29 is 9.59 Å². The standard InChI is InChI=1S/C23H26N4O2/c1-16-24-21-5-3-4-6-22(21)27(16)15-18-11-13-26(14-12-18)23(29)19-7-9-20(10-8-19)25-17(2)28/h3-10,18H,11-15H2,1-2H3,(H,25,28). The number of likely N-dealkylation sites (tertiary alicyclic amines) is 1. The largest absolute Gasteiger partial charge is 0.339 e. The molecule has 0 unspecified atom stereocenters. The Morgan fingerprint density at radius 3 is 2.45 bits per heavy atom. The molecule has 0 atom stereocenters. The predicted octanol–water partition coefficient (Wildman–Crippen LogP) is 3.86. The zero-order chi connectivity index (χ0) is 20.4. The van der Waals surface area contributed by atoms with E-state index in [2.05, 4.69) is 40.0 Å². The number of hydrogen-bond donors (Lipinski definition) is 1. The molecule has 2 heterocycles. The quantitative estimate of drug-likeness (QED) is 0.736. The molecule has 2 amide bonds. The molecule has 3 aromatic rings. The second-order valence-corrected chi connectivity index (χ2v) is 7.75. The van der Waals surface area contributed by atoms with Gasteiger partial charge in [-0.15, -0.1) is 0 Å². The Morgan fingerprint density at radius 1 is 1.07 bits per heavy atom. The third kappa shape index (κ3) is 4.16. The molecule has 29 heavy (non-hydrogen) atoms. The molecule has 150 valence electrons. The first-order valence-corrected chi connectivity index (χ1v) is 10.1. The van der Waals surface area contributed by atoms with Gasteiger partial charge in [0, 0.05) is 37.8 Å². The second-order valence-electron chi connectivity index (χ2n) is 7.75. The molecule has 0 aliphatic carbocycles. The highest BCUT2D eigenvalue weighted by Crippen LogP contribution is 2.24. The minimum absolute atomic E-state index is 0.0575. The van der Waals surface area contributed by atoms with Crippen molar-refractivity contribution >= 4 is 28.5 Å². The molecule has 6 nitrogen and oxygen atoms in total. The number of fused-ring (bicyclic) bond motifs is 1. The van der Waals surface area contributed by atoms with E-state index in [1.807, 2.05) is 11.0 Å². The summed E-state index contributed by atoms with van der Waals surface area (Å²) in [5.41, 5.74) is 3.59. The number of carbonyl (C=O) groups is 2. The van der Waals surface area contributed by atoms with E-state index in [1.165, 1.54) is 12.4 Å². The third-order valence-electron chi connectivity index (χ3n) is 5.64. The lowest BCUT2D eigenvalue weighted by Crippen LogP contribution is -2.39. The molecule has 1 fully saturated rings. The zero-order valence-electron chi connectivity index (χ0n) is 16.9. The molecule has 1 aromatic heterocycles. The summed E-state index contributed by atoms with van der Waals surface area (Å²) in [4.78, 5) is 30.5. The second kappa shape index (κ2) is 8.07. The Balaban J connectivity index is 1.37. The van der Waals surface area contributed by atoms with Gasteiger partial charge in [-0.3, -0.25) is 9.59 Å². The number of imidazole rings is 1. The van der Waals surface area contributed by atoms with E-state index >= 15 is 0 Å². The van der Waals surface area contributed by atoms with Crippen molar-refractivity contribution in [2.45, 2.75) is 33.2 Å². The maximum atomic E-state index is 12.8. The Labute approximate surface area is 170 Å². The van der Waals surface area contributed by atoms with Crippen LogP contribution in [0.2, 0.25) is 0 Å². The topological polar surface area (TPSA) is 67.2 Å². The van der Waals surface area contributed by atoms with Crippen LogP contribution in [0.25, 0.3) is 11.0 Å². The van der Waals surface area contributed by atoms with Crippen LogP contribution in [0.3, 0.4) is 0 Å². The number of amides is 2. The minimum atomic E-state index is -0.118. The van der Waals surface area contributed by atoms with Crippen molar-refractivity contribution in [2.24, 2.45) is 5.92 Å². The number of hydrogen-bond acceptors (Lipinski definition) is 3. The number of rotatable bonds is 4. The average molecular weight is 390 g/mol. The first-order valence-electron chi connectivity index (χ1n) is 10.1. The van der Waals surface area contributed by atoms with Gasteiger partial charge in [-0.1, -0.05) is 12.1 Å². The molecular formula is C23H26N4O2. The van der Waals surface area contributed by atoms with E-state index in [1.54, 1.807) is 24.3 Å². The molecule has 0 bridgehead atoms. The van der Waals surface area contributed by atoms with Crippen LogP contribution in [0.1, 0.15) is 35.9 Å². The molecule has 6 heteroatoms. The molecule has 0 saturated carbocycles. The zero-order valence-corrected chi connectivity index (χ0v) is 16.9. The summed E-state index contributed by atoms with van der Waals surface area (Å²) in [6, 6.07) is 15.4. The van der Waals surface area contributed by atoms with Gasteiger partial charge in [-0.25, -0.2) is 4.98 Å². The highest BCUT2D eigenvalue weighted by atomic mass is 16.2. The number of piperidine rings is 1. The van der Waals surface area contributed by atoms with Crippen molar-refractivity contribution in [1.29, 1.82) is 0 Å². The van der Waals surface area contributed by atoms with Crippen molar-refractivity contribution in [3.8, 4) is 0 Å². The number of carbonyl (C=O) groups excluding carboxylic acids is 2. The molecule has 1 aliphatic heterocycles. The summed E-state index contributed by atoms with van der Waals surface area (Å²) in [6.07, 6.45) is 1.98. The Bertz CT molecular complexity index is 1030. The fourth-order valence-corrected chi connectivity index (χ4v) is 4.09. The lowest BCUT2D eigenvalue weighted by Gasteiger charge is -2.32. The van der Waals surface area contributed by atoms with Crippen molar-refractivity contribution in [2.75, 3.05) is 18.4 Å². The number of aromatic nitrogens is 2. The lowest BCUT2D eigenvalue weighted by molar-refractivity contribution is -0.114. The normalized spacial score (nSPS) is 14.9. The number of nitrogens with zero attached hydrogens (tertiary/aromatic N) is 3. The molecular weight excluding hydrogens is 364 g/mol. The van der Waals surface area contributed by atoms with Crippen LogP contribution in [-0.4, -0.2) is 39.4 Å². The molecule has 0 radical (unpaired) electrons. The van der Waals surface area contributed by atoms with Gasteiger partial charge in [0.15, 0.2) is 0 Å². The van der Waals surface area contributed by atoms with Gasteiger partial charge >= 0.3 is 0 Å². The van der Waals surface area contributed by atoms with Crippen LogP contribution in [-0.2, 0) is 11.3 Å². The van der Waals surface area contributed by atoms with Gasteiger partial charge in [0.1, 0.15) is 5.82 Å². The molecule has 0 spiro atoms. The summed E-state index contributed by atoms with van der Waals surface area (Å²) in [6.45, 7) is 6.01. The summed E-state index contributed by atoms with van der Waals surface area (Å²) >= 11 is 0. The Hall–Kier alpha value is -3.15. The lowest BCUT2D eigenvalue weighted by atomic mass is 9.96. The summed E-state index contributed by atoms with van der Waals surface area (Å²) in [5, 5.41) is 2.72. The fraction of sp³-hybridized carbons (Fsp3) is 0.348. The highest BCUT2D eigenvalue weighted by Gasteiger charge is 2.24. The van der Waals surface area contributed by atoms with Crippen LogP contribution in [0.5, 0.6) is 0 Å². The smallest absolute Gasteiger partial charge is 0.253 e. The van der Waals surface area contributed by atoms with Crippen LogP contribution in [0, 0.1) is 12.8 Å². The maximum Gasteiger partial charge on any atom is 0.253 e. The van der Waals surface area contributed by atoms with Gasteiger partial charge in [-0.05, 0) is 62.1 Å². The van der Waals surface area contributed by atoms with Gasteiger partial charge in [0.2, 0.25) is 5.91 Å². The number of anilines is 1. The van der Waals surface area contributed by atoms with E-state index in [4.69, 9.17) is 0 Å². The van der Waals surface area contributed by atoms with Crippen LogP contribution in [0.15, 0.2) is 48.5 Å². The van der Waals surface area contributed by atoms with Crippen molar-refractivity contribution in [3.05, 3.63) is 59.9 Å². The number of nitrogens with one attached hydrogen (secondary N) is 1. The van der Waals surface area contributed by atoms with Gasteiger partial charge in [0.25, 0.3) is 5.91 Å². The fourth-order valence-electron chi connectivity index (χ4n) is 4.09. The Kier molecular flexibility index (Phi) is 5.34. The Morgan fingerprint density at radius 2 is 1.76 bits per heavy atom. The van der Waals surface area contributed by atoms with E-state index in [9.17, 15) is 9.59 Å². The van der Waals surface area contributed by atoms with E-state index in [-0.39, 0.29) is 11.8 Å². The first kappa shape index (κ1) is 19.2. The van der Waals surface area contributed by atoms with Crippen LogP contribution >= 0.6 is 0 Å². The first-order chi connectivity index (χ1) is 14.0. The molecule has 4 rings (SSSR count). The number of para-hydroxylation sites is 2. The molecule has 1 N–H and O–H groups in total. The monoisotopic (exact) mass is 390 g/mol. The number of benzene rings is 2. The predicted molar refractivity (Wildman–Crippen MR) is 114 cm³/mol. The molecule has 1 aliphatic rings. The summed E-state index contributed by atoms with van der Waals surface area (Å²) < 4.78 is 2.30. The van der Waals surface area contributed by atoms with Crippen LogP contribution in [0.4, 0.5) is 5.69 Å². The number of aryl methyl sites for hydroxylation is 1. The van der Waals surface area contributed by atoms with Gasteiger partial charge in [0.05, 0.1) is 11.0 Å². The van der Waals surface area contributed by atoms with Crippen LogP contribution < -0.4 is 5.32 Å². The minimum Gasteiger partial charge on any atom is -0.339 e. The van der Waals surface area contributed by atoms with Gasteiger partial charge in [-0.2, -0.15) is 0 Å². The SMILES string of the molecule is CC(=O)Nc1ccc(C(=O)N2CCC(Cn3c(C)nc4ccccc43)CC2)cc1. The summed E-state index contributed by atoms with van der Waals surface area (Å²) in [5.74, 6) is 1.52. The average Bonchev–Trinajstić information content (AvgIpc) is 3.03. The highest BCUT2D eigenvalue weighted by molar-refractivity contribution is 5.95. The maximum absolute atomic E-state index is 12.8. The van der Waals surface area contributed by atoms with E-state index in [0.717, 1.165) is 43.8 Å². The molecule has 2 aromatic carbocycles. The summed E-state index contributed by atoms with van der Waals surface area (Å²) in [7, 11) is 0.